The largest absolute Gasteiger partial charge is 0.469 e. The van der Waals surface area contributed by atoms with Gasteiger partial charge in [-0.15, -0.1) is 0 Å². The first-order valence-corrected chi connectivity index (χ1v) is 6.88. The normalized spacial score (nSPS) is 23.6. The molecular weight excluding hydrogens is 259 g/mol. The number of halogens is 1. The highest BCUT2D eigenvalue weighted by Crippen LogP contribution is 2.26. The van der Waals surface area contributed by atoms with E-state index in [1.54, 1.807) is 12.1 Å². The molecule has 4 nitrogen and oxygen atoms in total. The fraction of sp³-hybridized carbons (Fsp3) is 0.533. The Morgan fingerprint density at radius 3 is 3.00 bits per heavy atom. The van der Waals surface area contributed by atoms with Gasteiger partial charge in [0.1, 0.15) is 5.82 Å². The van der Waals surface area contributed by atoms with Crippen LogP contribution < -0.4 is 5.73 Å². The van der Waals surface area contributed by atoms with E-state index < -0.39 is 0 Å². The third-order valence-corrected chi connectivity index (χ3v) is 3.74. The highest BCUT2D eigenvalue weighted by atomic mass is 19.1. The number of piperidine rings is 1. The molecule has 2 rings (SSSR count). The van der Waals surface area contributed by atoms with Crippen LogP contribution in [-0.2, 0) is 9.53 Å². The summed E-state index contributed by atoms with van der Waals surface area (Å²) < 4.78 is 18.0. The van der Waals surface area contributed by atoms with Crippen LogP contribution in [0.15, 0.2) is 24.3 Å². The van der Waals surface area contributed by atoms with E-state index in [0.717, 1.165) is 25.1 Å². The molecular formula is C15H21FN2O2. The van der Waals surface area contributed by atoms with E-state index in [2.05, 4.69) is 9.64 Å². The van der Waals surface area contributed by atoms with Crippen molar-refractivity contribution in [3.8, 4) is 0 Å². The Morgan fingerprint density at radius 1 is 1.50 bits per heavy atom. The molecule has 0 bridgehead atoms. The molecule has 1 aromatic carbocycles. The van der Waals surface area contributed by atoms with E-state index in [4.69, 9.17) is 5.73 Å². The number of nitrogens with two attached hydrogens (primary N) is 1. The van der Waals surface area contributed by atoms with Gasteiger partial charge in [0, 0.05) is 25.7 Å². The number of benzene rings is 1. The van der Waals surface area contributed by atoms with Crippen LogP contribution in [0.1, 0.15) is 24.3 Å². The first-order valence-electron chi connectivity index (χ1n) is 6.88. The van der Waals surface area contributed by atoms with E-state index in [0.29, 0.717) is 13.0 Å². The summed E-state index contributed by atoms with van der Waals surface area (Å²) in [5.74, 6) is -0.221. The van der Waals surface area contributed by atoms with Crippen LogP contribution in [0.2, 0.25) is 0 Å². The summed E-state index contributed by atoms with van der Waals surface area (Å²) in [7, 11) is 1.39. The fourth-order valence-electron chi connectivity index (χ4n) is 2.77. The summed E-state index contributed by atoms with van der Waals surface area (Å²) >= 11 is 0. The lowest BCUT2D eigenvalue weighted by Crippen LogP contribution is -2.46. The zero-order valence-corrected chi connectivity index (χ0v) is 11.7. The van der Waals surface area contributed by atoms with E-state index in [1.165, 1.54) is 13.2 Å². The smallest absolute Gasteiger partial charge is 0.306 e. The Morgan fingerprint density at radius 2 is 2.30 bits per heavy atom. The number of carbonyl (C=O) groups excluding carboxylic acids is 1. The molecule has 0 aromatic heterocycles. The van der Waals surface area contributed by atoms with Crippen LogP contribution in [0.5, 0.6) is 0 Å². The molecule has 5 heteroatoms. The van der Waals surface area contributed by atoms with Crippen molar-refractivity contribution >= 4 is 5.97 Å². The molecule has 1 heterocycles. The molecule has 2 atom stereocenters. The number of hydrogen-bond donors (Lipinski definition) is 1. The van der Waals surface area contributed by atoms with E-state index in [-0.39, 0.29) is 23.7 Å². The Hall–Kier alpha value is -1.46. The van der Waals surface area contributed by atoms with Crippen molar-refractivity contribution in [1.82, 2.24) is 4.90 Å². The SMILES string of the molecule is COC(=O)CCN1CC(N)CC(c2cccc(F)c2)C1. The zero-order valence-electron chi connectivity index (χ0n) is 11.7. The van der Waals surface area contributed by atoms with Gasteiger partial charge in [-0.3, -0.25) is 4.79 Å². The topological polar surface area (TPSA) is 55.6 Å². The lowest BCUT2D eigenvalue weighted by Gasteiger charge is -2.36. The van der Waals surface area contributed by atoms with Gasteiger partial charge in [0.2, 0.25) is 0 Å². The van der Waals surface area contributed by atoms with Gasteiger partial charge in [0.05, 0.1) is 13.5 Å². The van der Waals surface area contributed by atoms with Crippen molar-refractivity contribution in [3.63, 3.8) is 0 Å². The van der Waals surface area contributed by atoms with E-state index >= 15 is 0 Å². The quantitative estimate of drug-likeness (QED) is 0.849. The molecule has 0 spiro atoms. The average Bonchev–Trinajstić information content (AvgIpc) is 2.44. The second-order valence-electron chi connectivity index (χ2n) is 5.33. The number of rotatable bonds is 4. The van der Waals surface area contributed by atoms with Crippen molar-refractivity contribution < 1.29 is 13.9 Å². The molecule has 1 saturated heterocycles. The first kappa shape index (κ1) is 14.9. The fourth-order valence-corrected chi connectivity index (χ4v) is 2.77. The molecule has 2 N–H and O–H groups in total. The number of esters is 1. The van der Waals surface area contributed by atoms with Gasteiger partial charge in [-0.1, -0.05) is 12.1 Å². The van der Waals surface area contributed by atoms with Crippen molar-refractivity contribution in [2.75, 3.05) is 26.7 Å². The minimum atomic E-state index is -0.220. The zero-order chi connectivity index (χ0) is 14.5. The maximum absolute atomic E-state index is 13.3. The molecule has 20 heavy (non-hydrogen) atoms. The van der Waals surface area contributed by atoms with Crippen molar-refractivity contribution in [2.24, 2.45) is 5.73 Å². The van der Waals surface area contributed by atoms with Crippen molar-refractivity contribution in [2.45, 2.75) is 24.8 Å². The van der Waals surface area contributed by atoms with Gasteiger partial charge in [-0.2, -0.15) is 0 Å². The molecule has 1 aliphatic heterocycles. The van der Waals surface area contributed by atoms with E-state index in [1.807, 2.05) is 6.07 Å². The maximum Gasteiger partial charge on any atom is 0.306 e. The summed E-state index contributed by atoms with van der Waals surface area (Å²) in [6, 6.07) is 6.73. The van der Waals surface area contributed by atoms with Gasteiger partial charge >= 0.3 is 5.97 Å². The molecule has 2 unspecified atom stereocenters. The highest BCUT2D eigenvalue weighted by Gasteiger charge is 2.26. The third kappa shape index (κ3) is 4.02. The maximum atomic E-state index is 13.3. The Balaban J connectivity index is 1.99. The number of methoxy groups -OCH3 is 1. The van der Waals surface area contributed by atoms with Crippen LogP contribution in [0.3, 0.4) is 0 Å². The molecule has 0 radical (unpaired) electrons. The molecule has 1 aromatic rings. The van der Waals surface area contributed by atoms with Gasteiger partial charge in [-0.25, -0.2) is 4.39 Å². The van der Waals surface area contributed by atoms with Gasteiger partial charge in [0.25, 0.3) is 0 Å². The molecule has 1 fully saturated rings. The summed E-state index contributed by atoms with van der Waals surface area (Å²) in [4.78, 5) is 13.4. The van der Waals surface area contributed by atoms with Crippen molar-refractivity contribution in [3.05, 3.63) is 35.6 Å². The van der Waals surface area contributed by atoms with Crippen LogP contribution in [-0.4, -0.2) is 43.7 Å². The first-order chi connectivity index (χ1) is 9.58. The van der Waals surface area contributed by atoms with Gasteiger partial charge in [-0.05, 0) is 30.0 Å². The summed E-state index contributed by atoms with van der Waals surface area (Å²) in [6.07, 6.45) is 1.21. The molecule has 0 amide bonds. The van der Waals surface area contributed by atoms with Gasteiger partial charge in [0.15, 0.2) is 0 Å². The minimum absolute atomic E-state index is 0.0506. The lowest BCUT2D eigenvalue weighted by atomic mass is 9.88. The van der Waals surface area contributed by atoms with Crippen LogP contribution in [0, 0.1) is 5.82 Å². The summed E-state index contributed by atoms with van der Waals surface area (Å²) in [5, 5.41) is 0. The lowest BCUT2D eigenvalue weighted by molar-refractivity contribution is -0.141. The third-order valence-electron chi connectivity index (χ3n) is 3.74. The van der Waals surface area contributed by atoms with Gasteiger partial charge < -0.3 is 15.4 Å². The molecule has 110 valence electrons. The van der Waals surface area contributed by atoms with Crippen LogP contribution in [0.25, 0.3) is 0 Å². The average molecular weight is 280 g/mol. The summed E-state index contributed by atoms with van der Waals surface area (Å²) in [6.45, 7) is 2.20. The Kier molecular flexibility index (Phi) is 5.09. The second-order valence-corrected chi connectivity index (χ2v) is 5.33. The standard InChI is InChI=1S/C15H21FN2O2/c1-20-15(19)5-6-18-9-12(8-14(17)10-18)11-3-2-4-13(16)7-11/h2-4,7,12,14H,5-6,8-10,17H2,1H3. The minimum Gasteiger partial charge on any atom is -0.469 e. The number of carbonyl (C=O) groups is 1. The Labute approximate surface area is 118 Å². The van der Waals surface area contributed by atoms with Crippen LogP contribution in [0.4, 0.5) is 4.39 Å². The highest BCUT2D eigenvalue weighted by molar-refractivity contribution is 5.69. The number of nitrogens with zero attached hydrogens (tertiary/aromatic N) is 1. The Bertz CT molecular complexity index is 467. The molecule has 0 aliphatic carbocycles. The second kappa shape index (κ2) is 6.81. The number of likely N-dealkylation sites (tertiary alicyclic amines) is 1. The number of ether oxygens (including phenoxy) is 1. The summed E-state index contributed by atoms with van der Waals surface area (Å²) in [5.41, 5.74) is 7.05. The molecule has 0 saturated carbocycles. The molecule has 1 aliphatic rings. The predicted octanol–water partition coefficient (Wildman–Crippen LogP) is 1.51. The van der Waals surface area contributed by atoms with Crippen LogP contribution >= 0.6 is 0 Å². The van der Waals surface area contributed by atoms with E-state index in [9.17, 15) is 9.18 Å². The monoisotopic (exact) mass is 280 g/mol. The predicted molar refractivity (Wildman–Crippen MR) is 74.8 cm³/mol. The van der Waals surface area contributed by atoms with Crippen molar-refractivity contribution in [1.29, 1.82) is 0 Å². The number of hydrogen-bond acceptors (Lipinski definition) is 4.